The normalized spacial score (nSPS) is 23.2. The highest BCUT2D eigenvalue weighted by Crippen LogP contribution is 2.28. The van der Waals surface area contributed by atoms with Gasteiger partial charge in [-0.3, -0.25) is 4.90 Å². The number of benzene rings is 1. The fourth-order valence-electron chi connectivity index (χ4n) is 2.82. The molecular weight excluding hydrogens is 238 g/mol. The van der Waals surface area contributed by atoms with Gasteiger partial charge in [-0.15, -0.1) is 0 Å². The summed E-state index contributed by atoms with van der Waals surface area (Å²) in [6, 6.07) is 10.4. The van der Waals surface area contributed by atoms with Gasteiger partial charge in [0.2, 0.25) is 0 Å². The minimum atomic E-state index is -0.311. The van der Waals surface area contributed by atoms with Crippen molar-refractivity contribution in [3.63, 3.8) is 0 Å². The molecule has 0 saturated heterocycles. The first-order valence-corrected chi connectivity index (χ1v) is 6.97. The molecule has 0 saturated carbocycles. The number of aliphatic hydroxyl groups is 2. The smallest absolute Gasteiger partial charge is 0.0628 e. The zero-order chi connectivity index (χ0) is 13.7. The van der Waals surface area contributed by atoms with Gasteiger partial charge in [0.1, 0.15) is 0 Å². The van der Waals surface area contributed by atoms with Crippen LogP contribution < -0.4 is 0 Å². The summed E-state index contributed by atoms with van der Waals surface area (Å²) in [7, 11) is 0. The lowest BCUT2D eigenvalue weighted by Gasteiger charge is -2.39. The number of hydrogen-bond donors (Lipinski definition) is 2. The van der Waals surface area contributed by atoms with Gasteiger partial charge in [-0.1, -0.05) is 42.5 Å². The van der Waals surface area contributed by atoms with E-state index in [0.717, 1.165) is 24.9 Å². The molecule has 0 spiro atoms. The van der Waals surface area contributed by atoms with Crippen LogP contribution in [0.15, 0.2) is 42.5 Å². The summed E-state index contributed by atoms with van der Waals surface area (Å²) in [4.78, 5) is 2.29. The third-order valence-electron chi connectivity index (χ3n) is 3.73. The molecule has 1 aliphatic heterocycles. The second-order valence-corrected chi connectivity index (χ2v) is 5.25. The van der Waals surface area contributed by atoms with E-state index in [1.165, 1.54) is 0 Å². The largest absolute Gasteiger partial charge is 0.394 e. The topological polar surface area (TPSA) is 43.7 Å². The van der Waals surface area contributed by atoms with E-state index in [0.29, 0.717) is 6.04 Å². The van der Waals surface area contributed by atoms with Crippen LogP contribution in [0.1, 0.15) is 31.4 Å². The van der Waals surface area contributed by atoms with Gasteiger partial charge >= 0.3 is 0 Å². The Morgan fingerprint density at radius 1 is 1.26 bits per heavy atom. The number of nitrogens with zero attached hydrogens (tertiary/aromatic N) is 1. The first kappa shape index (κ1) is 14.3. The van der Waals surface area contributed by atoms with Crippen LogP contribution in [0.5, 0.6) is 0 Å². The van der Waals surface area contributed by atoms with Crippen molar-refractivity contribution in [1.29, 1.82) is 0 Å². The average molecular weight is 261 g/mol. The van der Waals surface area contributed by atoms with E-state index >= 15 is 0 Å². The van der Waals surface area contributed by atoms with E-state index < -0.39 is 0 Å². The van der Waals surface area contributed by atoms with Crippen LogP contribution in [0.2, 0.25) is 0 Å². The molecule has 0 radical (unpaired) electrons. The average Bonchev–Trinajstić information content (AvgIpc) is 2.42. The van der Waals surface area contributed by atoms with Gasteiger partial charge in [0, 0.05) is 12.6 Å². The van der Waals surface area contributed by atoms with Gasteiger partial charge in [0.15, 0.2) is 0 Å². The Kier molecular flexibility index (Phi) is 5.14. The minimum absolute atomic E-state index is 0.00917. The summed E-state index contributed by atoms with van der Waals surface area (Å²) in [5.41, 5.74) is 1.14. The van der Waals surface area contributed by atoms with E-state index in [9.17, 15) is 10.2 Å². The predicted octanol–water partition coefficient (Wildman–Crippen LogP) is 2.12. The summed E-state index contributed by atoms with van der Waals surface area (Å²) in [6.07, 6.45) is 5.68. The maximum atomic E-state index is 9.76. The summed E-state index contributed by atoms with van der Waals surface area (Å²) in [5.74, 6) is 0. The lowest BCUT2D eigenvalue weighted by atomic mass is 9.96. The van der Waals surface area contributed by atoms with Crippen molar-refractivity contribution in [3.8, 4) is 0 Å². The third-order valence-corrected chi connectivity index (χ3v) is 3.73. The van der Waals surface area contributed by atoms with Crippen LogP contribution in [0.3, 0.4) is 0 Å². The Balaban J connectivity index is 2.18. The molecule has 19 heavy (non-hydrogen) atoms. The Morgan fingerprint density at radius 2 is 2.00 bits per heavy atom. The first-order valence-electron chi connectivity index (χ1n) is 6.97. The molecule has 0 aliphatic carbocycles. The highest BCUT2D eigenvalue weighted by atomic mass is 16.3. The second-order valence-electron chi connectivity index (χ2n) is 5.25. The highest BCUT2D eigenvalue weighted by Gasteiger charge is 2.28. The van der Waals surface area contributed by atoms with Crippen LogP contribution in [-0.4, -0.2) is 40.4 Å². The van der Waals surface area contributed by atoms with E-state index in [1.54, 1.807) is 0 Å². The molecule has 0 fully saturated rings. The van der Waals surface area contributed by atoms with E-state index in [4.69, 9.17) is 0 Å². The zero-order valence-electron chi connectivity index (χ0n) is 11.4. The molecule has 1 aliphatic rings. The quantitative estimate of drug-likeness (QED) is 0.798. The lowest BCUT2D eigenvalue weighted by Crippen LogP contribution is -2.43. The summed E-state index contributed by atoms with van der Waals surface area (Å²) in [6.45, 7) is 2.76. The van der Waals surface area contributed by atoms with Crippen LogP contribution in [0.25, 0.3) is 0 Å². The van der Waals surface area contributed by atoms with Gasteiger partial charge in [0.05, 0.1) is 18.8 Å². The van der Waals surface area contributed by atoms with E-state index in [1.807, 2.05) is 25.1 Å². The number of hydrogen-bond acceptors (Lipinski definition) is 3. The highest BCUT2D eigenvalue weighted by molar-refractivity contribution is 5.20. The Hall–Kier alpha value is -1.16. The van der Waals surface area contributed by atoms with Gasteiger partial charge < -0.3 is 10.2 Å². The third kappa shape index (κ3) is 3.66. The second kappa shape index (κ2) is 6.85. The molecule has 104 valence electrons. The maximum Gasteiger partial charge on any atom is 0.0628 e. The molecule has 0 aromatic heterocycles. The summed E-state index contributed by atoms with van der Waals surface area (Å²) >= 11 is 0. The van der Waals surface area contributed by atoms with Gasteiger partial charge in [-0.25, -0.2) is 0 Å². The van der Waals surface area contributed by atoms with Crippen molar-refractivity contribution < 1.29 is 10.2 Å². The van der Waals surface area contributed by atoms with Crippen LogP contribution >= 0.6 is 0 Å². The molecule has 3 atom stereocenters. The van der Waals surface area contributed by atoms with Crippen molar-refractivity contribution in [2.45, 2.75) is 38.0 Å². The van der Waals surface area contributed by atoms with E-state index in [-0.39, 0.29) is 18.8 Å². The minimum Gasteiger partial charge on any atom is -0.394 e. The molecule has 0 bridgehead atoms. The Bertz CT molecular complexity index is 402. The van der Waals surface area contributed by atoms with Crippen molar-refractivity contribution >= 4 is 0 Å². The monoisotopic (exact) mass is 261 g/mol. The maximum absolute atomic E-state index is 9.76. The molecule has 2 N–H and O–H groups in total. The van der Waals surface area contributed by atoms with Crippen molar-refractivity contribution in [2.24, 2.45) is 0 Å². The molecule has 2 unspecified atom stereocenters. The molecule has 1 aromatic rings. The predicted molar refractivity (Wildman–Crippen MR) is 76.8 cm³/mol. The Morgan fingerprint density at radius 3 is 2.63 bits per heavy atom. The Labute approximate surface area is 115 Å². The number of rotatable bonds is 5. The van der Waals surface area contributed by atoms with Gasteiger partial charge in [-0.2, -0.15) is 0 Å². The van der Waals surface area contributed by atoms with Crippen LogP contribution in [-0.2, 0) is 0 Å². The van der Waals surface area contributed by atoms with Gasteiger partial charge in [-0.05, 0) is 25.3 Å². The van der Waals surface area contributed by atoms with Crippen molar-refractivity contribution in [2.75, 3.05) is 13.2 Å². The lowest BCUT2D eigenvalue weighted by molar-refractivity contribution is 0.0584. The van der Waals surface area contributed by atoms with Gasteiger partial charge in [0.25, 0.3) is 0 Å². The summed E-state index contributed by atoms with van der Waals surface area (Å²) < 4.78 is 0. The first-order chi connectivity index (χ1) is 9.22. The van der Waals surface area contributed by atoms with Crippen LogP contribution in [0.4, 0.5) is 0 Å². The van der Waals surface area contributed by atoms with Crippen molar-refractivity contribution in [3.05, 3.63) is 48.0 Å². The molecule has 2 rings (SSSR count). The molecular formula is C16H23NO2. The SMILES string of the molecule is CC(O)CC1CC=CCN1[C@H](CO)c1ccccc1. The summed E-state index contributed by atoms with van der Waals surface area (Å²) in [5, 5.41) is 19.4. The molecule has 3 heteroatoms. The molecule has 1 aromatic carbocycles. The van der Waals surface area contributed by atoms with E-state index in [2.05, 4.69) is 29.2 Å². The molecule has 0 amide bonds. The fourth-order valence-corrected chi connectivity index (χ4v) is 2.82. The standard InChI is InChI=1S/C16H23NO2/c1-13(19)11-15-9-5-6-10-17(15)16(12-18)14-7-3-2-4-8-14/h2-8,13,15-16,18-19H,9-12H2,1H3/t13?,15?,16-/m1/s1. The molecule has 3 nitrogen and oxygen atoms in total. The van der Waals surface area contributed by atoms with Crippen molar-refractivity contribution in [1.82, 2.24) is 4.90 Å². The number of aliphatic hydroxyl groups excluding tert-OH is 2. The molecule has 1 heterocycles. The fraction of sp³-hybridized carbons (Fsp3) is 0.500. The van der Waals surface area contributed by atoms with Crippen LogP contribution in [0, 0.1) is 0 Å². The zero-order valence-corrected chi connectivity index (χ0v) is 11.4.